The van der Waals surface area contributed by atoms with Crippen LogP contribution in [0, 0.1) is 0 Å². The zero-order chi connectivity index (χ0) is 17.7. The number of nitrogens with zero attached hydrogens (tertiary/aromatic N) is 3. The van der Waals surface area contributed by atoms with Gasteiger partial charge in [-0.2, -0.15) is 0 Å². The Balaban J connectivity index is 1.71. The van der Waals surface area contributed by atoms with Gasteiger partial charge in [0.1, 0.15) is 12.1 Å². The largest absolute Gasteiger partial charge is 0.393 e. The minimum Gasteiger partial charge on any atom is -0.393 e. The third-order valence-corrected chi connectivity index (χ3v) is 4.35. The first-order valence-electron chi connectivity index (χ1n) is 8.20. The molecule has 25 heavy (non-hydrogen) atoms. The second-order valence-corrected chi connectivity index (χ2v) is 6.20. The molecule has 0 unspecified atom stereocenters. The second kappa shape index (κ2) is 7.58. The summed E-state index contributed by atoms with van der Waals surface area (Å²) in [7, 11) is 0. The van der Waals surface area contributed by atoms with Crippen LogP contribution in [0.1, 0.15) is 5.56 Å². The number of benzene rings is 1. The highest BCUT2D eigenvalue weighted by Crippen LogP contribution is 2.23. The quantitative estimate of drug-likeness (QED) is 0.831. The number of rotatable bonds is 5. The third-order valence-electron chi connectivity index (χ3n) is 4.35. The predicted molar refractivity (Wildman–Crippen MR) is 91.0 cm³/mol. The second-order valence-electron chi connectivity index (χ2n) is 6.20. The lowest BCUT2D eigenvalue weighted by molar-refractivity contribution is -0.158. The first-order chi connectivity index (χ1) is 12.1. The van der Waals surface area contributed by atoms with Gasteiger partial charge < -0.3 is 14.7 Å². The van der Waals surface area contributed by atoms with E-state index in [1.807, 2.05) is 30.3 Å². The first-order valence-corrected chi connectivity index (χ1v) is 8.20. The summed E-state index contributed by atoms with van der Waals surface area (Å²) in [6.07, 6.45) is 3.45. The maximum Gasteiger partial charge on any atom is 0.347 e. The molecule has 1 saturated heterocycles. The van der Waals surface area contributed by atoms with Gasteiger partial charge >= 0.3 is 5.69 Å². The van der Waals surface area contributed by atoms with E-state index in [-0.39, 0.29) is 25.6 Å². The molecule has 0 spiro atoms. The lowest BCUT2D eigenvalue weighted by Gasteiger charge is -2.42. The Morgan fingerprint density at radius 3 is 2.80 bits per heavy atom. The molecule has 0 aliphatic carbocycles. The molecule has 3 rings (SSSR count). The lowest BCUT2D eigenvalue weighted by Crippen LogP contribution is -2.57. The Labute approximate surface area is 145 Å². The molecule has 132 valence electrons. The monoisotopic (exact) mass is 343 g/mol. The standard InChI is InChI=1S/C18H21N3O4/c22-14-18(11-15-5-2-1-3-6-15)13-21(9-10-25-18)16(23)12-20-8-4-7-19-17(20)24/h1-8,22H,9-14H2/t18-/m1/s1. The van der Waals surface area contributed by atoms with E-state index in [0.717, 1.165) is 5.56 Å². The SMILES string of the molecule is O=C(Cn1cccnc1=O)N1CCO[C@](CO)(Cc2ccccc2)C1. The molecule has 0 bridgehead atoms. The van der Waals surface area contributed by atoms with Crippen LogP contribution in [-0.2, 0) is 22.5 Å². The summed E-state index contributed by atoms with van der Waals surface area (Å²) in [6.45, 7) is 0.815. The number of ether oxygens (including phenoxy) is 1. The van der Waals surface area contributed by atoms with Gasteiger partial charge in [0, 0.05) is 25.4 Å². The van der Waals surface area contributed by atoms with Crippen molar-refractivity contribution in [1.29, 1.82) is 0 Å². The number of aliphatic hydroxyl groups excluding tert-OH is 1. The average molecular weight is 343 g/mol. The number of amides is 1. The van der Waals surface area contributed by atoms with Gasteiger partial charge in [-0.25, -0.2) is 9.78 Å². The summed E-state index contributed by atoms with van der Waals surface area (Å²) in [5.74, 6) is -0.190. The van der Waals surface area contributed by atoms with Crippen LogP contribution in [-0.4, -0.2) is 57.4 Å². The van der Waals surface area contributed by atoms with Gasteiger partial charge in [-0.3, -0.25) is 9.36 Å². The Morgan fingerprint density at radius 2 is 2.08 bits per heavy atom. The highest BCUT2D eigenvalue weighted by atomic mass is 16.5. The lowest BCUT2D eigenvalue weighted by atomic mass is 9.93. The van der Waals surface area contributed by atoms with E-state index in [9.17, 15) is 14.7 Å². The Bertz CT molecular complexity index is 777. The summed E-state index contributed by atoms with van der Waals surface area (Å²) >= 11 is 0. The number of carbonyl (C=O) groups excluding carboxylic acids is 1. The molecule has 7 nitrogen and oxygen atoms in total. The van der Waals surface area contributed by atoms with Crippen molar-refractivity contribution in [3.8, 4) is 0 Å². The topological polar surface area (TPSA) is 84.7 Å². The third kappa shape index (κ3) is 4.12. The van der Waals surface area contributed by atoms with Crippen molar-refractivity contribution in [2.45, 2.75) is 18.6 Å². The van der Waals surface area contributed by atoms with Crippen LogP contribution in [0.15, 0.2) is 53.6 Å². The molecular formula is C18H21N3O4. The summed E-state index contributed by atoms with van der Waals surface area (Å²) < 4.78 is 7.12. The number of aromatic nitrogens is 2. The van der Waals surface area contributed by atoms with Crippen LogP contribution in [0.4, 0.5) is 0 Å². The molecular weight excluding hydrogens is 322 g/mol. The Hall–Kier alpha value is -2.51. The summed E-state index contributed by atoms with van der Waals surface area (Å²) in [5.41, 5.74) is -0.244. The van der Waals surface area contributed by atoms with Crippen molar-refractivity contribution in [1.82, 2.24) is 14.5 Å². The minimum absolute atomic E-state index is 0.0699. The average Bonchev–Trinajstić information content (AvgIpc) is 2.64. The maximum atomic E-state index is 12.6. The molecule has 0 radical (unpaired) electrons. The van der Waals surface area contributed by atoms with E-state index in [0.29, 0.717) is 19.6 Å². The van der Waals surface area contributed by atoms with E-state index in [1.54, 1.807) is 11.0 Å². The molecule has 1 fully saturated rings. The van der Waals surface area contributed by atoms with Crippen molar-refractivity contribution >= 4 is 5.91 Å². The summed E-state index contributed by atoms with van der Waals surface area (Å²) in [4.78, 5) is 29.5. The molecule has 1 aliphatic rings. The van der Waals surface area contributed by atoms with Crippen LogP contribution in [0.25, 0.3) is 0 Å². The van der Waals surface area contributed by atoms with E-state index < -0.39 is 11.3 Å². The molecule has 1 amide bonds. The minimum atomic E-state index is -0.824. The molecule has 1 aromatic heterocycles. The fraction of sp³-hybridized carbons (Fsp3) is 0.389. The smallest absolute Gasteiger partial charge is 0.347 e. The fourth-order valence-corrected chi connectivity index (χ4v) is 3.04. The van der Waals surface area contributed by atoms with Crippen LogP contribution < -0.4 is 5.69 Å². The van der Waals surface area contributed by atoms with Gasteiger partial charge in [-0.05, 0) is 11.6 Å². The van der Waals surface area contributed by atoms with E-state index in [1.165, 1.54) is 17.0 Å². The predicted octanol–water partition coefficient (Wildman–Crippen LogP) is 0.0759. The van der Waals surface area contributed by atoms with Gasteiger partial charge in [-0.15, -0.1) is 0 Å². The van der Waals surface area contributed by atoms with Crippen molar-refractivity contribution in [2.75, 3.05) is 26.3 Å². The van der Waals surface area contributed by atoms with Crippen molar-refractivity contribution in [2.24, 2.45) is 0 Å². The molecule has 2 aromatic rings. The van der Waals surface area contributed by atoms with E-state index in [2.05, 4.69) is 4.98 Å². The van der Waals surface area contributed by atoms with Crippen molar-refractivity contribution in [3.05, 3.63) is 64.8 Å². The summed E-state index contributed by atoms with van der Waals surface area (Å²) in [6, 6.07) is 11.3. The van der Waals surface area contributed by atoms with Gasteiger partial charge in [0.15, 0.2) is 0 Å². The molecule has 7 heteroatoms. The fourth-order valence-electron chi connectivity index (χ4n) is 3.04. The molecule has 1 atom stereocenters. The Morgan fingerprint density at radius 1 is 1.28 bits per heavy atom. The zero-order valence-electron chi connectivity index (χ0n) is 13.9. The van der Waals surface area contributed by atoms with Gasteiger partial charge in [-0.1, -0.05) is 30.3 Å². The maximum absolute atomic E-state index is 12.6. The number of hydrogen-bond donors (Lipinski definition) is 1. The number of morpholine rings is 1. The first kappa shape index (κ1) is 17.3. The zero-order valence-corrected chi connectivity index (χ0v) is 13.9. The highest BCUT2D eigenvalue weighted by molar-refractivity contribution is 5.76. The van der Waals surface area contributed by atoms with Crippen LogP contribution in [0.2, 0.25) is 0 Å². The molecule has 1 aliphatic heterocycles. The van der Waals surface area contributed by atoms with E-state index in [4.69, 9.17) is 4.74 Å². The highest BCUT2D eigenvalue weighted by Gasteiger charge is 2.38. The number of aliphatic hydroxyl groups is 1. The van der Waals surface area contributed by atoms with Crippen molar-refractivity contribution < 1.29 is 14.6 Å². The van der Waals surface area contributed by atoms with Gasteiger partial charge in [0.2, 0.25) is 5.91 Å². The number of carbonyl (C=O) groups is 1. The van der Waals surface area contributed by atoms with Crippen LogP contribution >= 0.6 is 0 Å². The van der Waals surface area contributed by atoms with E-state index >= 15 is 0 Å². The summed E-state index contributed by atoms with van der Waals surface area (Å²) in [5, 5.41) is 9.91. The molecule has 0 saturated carbocycles. The molecule has 1 N–H and O–H groups in total. The van der Waals surface area contributed by atoms with Gasteiger partial charge in [0.25, 0.3) is 0 Å². The normalized spacial score (nSPS) is 20.4. The molecule has 2 heterocycles. The van der Waals surface area contributed by atoms with Crippen LogP contribution in [0.5, 0.6) is 0 Å². The van der Waals surface area contributed by atoms with Crippen LogP contribution in [0.3, 0.4) is 0 Å². The number of hydrogen-bond acceptors (Lipinski definition) is 5. The van der Waals surface area contributed by atoms with Gasteiger partial charge in [0.05, 0.1) is 19.8 Å². The Kier molecular flexibility index (Phi) is 5.25. The molecule has 1 aromatic carbocycles. The van der Waals surface area contributed by atoms with Crippen molar-refractivity contribution in [3.63, 3.8) is 0 Å².